The molecule has 0 fully saturated rings. The number of benzene rings is 1. The Balaban J connectivity index is 1.98. The molecule has 2 nitrogen and oxygen atoms in total. The number of Topliss-reactive ketones (excluding diaryl/α,β-unsaturated/α-hetero) is 1. The maximum absolute atomic E-state index is 12.7. The summed E-state index contributed by atoms with van der Waals surface area (Å²) >= 11 is 1.51. The maximum Gasteiger partial charge on any atom is 0.194 e. The van der Waals surface area contributed by atoms with E-state index in [4.69, 9.17) is 0 Å². The topological polar surface area (TPSA) is 30.0 Å². The molecule has 0 aliphatic carbocycles. The minimum absolute atomic E-state index is 0.00609. The van der Waals surface area contributed by atoms with Crippen molar-refractivity contribution in [1.82, 2.24) is 4.98 Å². The van der Waals surface area contributed by atoms with Crippen LogP contribution in [0.1, 0.15) is 64.2 Å². The van der Waals surface area contributed by atoms with Crippen LogP contribution in [-0.4, -0.2) is 10.8 Å². The van der Waals surface area contributed by atoms with E-state index in [1.54, 1.807) is 0 Å². The number of carbonyl (C=O) groups is 1. The zero-order valence-electron chi connectivity index (χ0n) is 16.4. The molecule has 1 heterocycles. The van der Waals surface area contributed by atoms with Gasteiger partial charge >= 0.3 is 0 Å². The lowest BCUT2D eigenvalue weighted by atomic mass is 9.82. The number of rotatable bonds is 8. The van der Waals surface area contributed by atoms with Crippen molar-refractivity contribution in [3.05, 3.63) is 41.4 Å². The Kier molecular flexibility index (Phi) is 6.56. The minimum atomic E-state index is -0.00609. The molecule has 0 bridgehead atoms. The minimum Gasteiger partial charge on any atom is -0.291 e. The van der Waals surface area contributed by atoms with Gasteiger partial charge in [0.1, 0.15) is 0 Å². The Morgan fingerprint density at radius 1 is 1.20 bits per heavy atom. The summed E-state index contributed by atoms with van der Waals surface area (Å²) in [6, 6.07) is 7.95. The van der Waals surface area contributed by atoms with Crippen molar-refractivity contribution in [1.29, 1.82) is 0 Å². The summed E-state index contributed by atoms with van der Waals surface area (Å²) in [7, 11) is 0. The Morgan fingerprint density at radius 2 is 1.88 bits per heavy atom. The normalized spacial score (nSPS) is 15.2. The average molecular weight is 358 g/mol. The summed E-state index contributed by atoms with van der Waals surface area (Å²) in [5.74, 6) is 1.24. The van der Waals surface area contributed by atoms with Gasteiger partial charge in [-0.1, -0.05) is 65.8 Å². The van der Waals surface area contributed by atoms with Crippen LogP contribution in [0.5, 0.6) is 0 Å². The molecule has 2 unspecified atom stereocenters. The van der Waals surface area contributed by atoms with Crippen molar-refractivity contribution in [3.63, 3.8) is 0 Å². The molecule has 1 aromatic heterocycles. The molecule has 3 heteroatoms. The Morgan fingerprint density at radius 3 is 2.52 bits per heavy atom. The zero-order chi connectivity index (χ0) is 18.6. The SMILES string of the molecule is CC(C)CC(C)(C)/C=C\C(C)CC(C)C(=O)c1nc2ccccc2s1. The third-order valence-corrected chi connectivity index (χ3v) is 5.54. The van der Waals surface area contributed by atoms with E-state index < -0.39 is 0 Å². The second-order valence-corrected chi connectivity index (χ2v) is 9.44. The molecule has 0 saturated carbocycles. The fourth-order valence-corrected chi connectivity index (χ4v) is 4.50. The molecule has 136 valence electrons. The monoisotopic (exact) mass is 357 g/mol. The third kappa shape index (κ3) is 5.78. The number of para-hydroxylation sites is 1. The van der Waals surface area contributed by atoms with E-state index in [0.29, 0.717) is 16.8 Å². The van der Waals surface area contributed by atoms with Gasteiger partial charge in [0.2, 0.25) is 0 Å². The third-order valence-electron chi connectivity index (χ3n) is 4.49. The molecule has 0 spiro atoms. The molecule has 0 amide bonds. The maximum atomic E-state index is 12.7. The zero-order valence-corrected chi connectivity index (χ0v) is 17.2. The number of fused-ring (bicyclic) bond motifs is 1. The number of nitrogens with zero attached hydrogens (tertiary/aromatic N) is 1. The first-order valence-electron chi connectivity index (χ1n) is 9.27. The van der Waals surface area contributed by atoms with E-state index in [0.717, 1.165) is 16.6 Å². The number of hydrogen-bond donors (Lipinski definition) is 0. The van der Waals surface area contributed by atoms with Crippen molar-refractivity contribution >= 4 is 27.3 Å². The van der Waals surface area contributed by atoms with Crippen LogP contribution in [0.15, 0.2) is 36.4 Å². The highest BCUT2D eigenvalue weighted by molar-refractivity contribution is 7.20. The summed E-state index contributed by atoms with van der Waals surface area (Å²) in [6.07, 6.45) is 6.65. The van der Waals surface area contributed by atoms with Gasteiger partial charge in [-0.05, 0) is 42.2 Å². The number of ketones is 1. The largest absolute Gasteiger partial charge is 0.291 e. The van der Waals surface area contributed by atoms with E-state index in [2.05, 4.69) is 51.8 Å². The second-order valence-electron chi connectivity index (χ2n) is 8.41. The van der Waals surface area contributed by atoms with E-state index in [1.165, 1.54) is 17.8 Å². The fourth-order valence-electron chi connectivity index (χ4n) is 3.48. The number of carbonyl (C=O) groups excluding carboxylic acids is 1. The van der Waals surface area contributed by atoms with E-state index >= 15 is 0 Å². The van der Waals surface area contributed by atoms with E-state index in [1.807, 2.05) is 31.2 Å². The average Bonchev–Trinajstić information content (AvgIpc) is 2.95. The number of allylic oxidation sites excluding steroid dienone is 2. The number of aromatic nitrogens is 1. The van der Waals surface area contributed by atoms with Gasteiger partial charge in [0, 0.05) is 5.92 Å². The van der Waals surface area contributed by atoms with E-state index in [-0.39, 0.29) is 17.1 Å². The molecule has 0 N–H and O–H groups in total. The van der Waals surface area contributed by atoms with Gasteiger partial charge in [-0.3, -0.25) is 4.79 Å². The molecule has 1 aromatic carbocycles. The fraction of sp³-hybridized carbons (Fsp3) is 0.545. The second kappa shape index (κ2) is 8.27. The highest BCUT2D eigenvalue weighted by Crippen LogP contribution is 2.29. The first kappa shape index (κ1) is 19.8. The van der Waals surface area contributed by atoms with Crippen LogP contribution in [0.3, 0.4) is 0 Å². The summed E-state index contributed by atoms with van der Waals surface area (Å²) < 4.78 is 1.08. The van der Waals surface area contributed by atoms with Gasteiger partial charge in [-0.25, -0.2) is 4.98 Å². The lowest BCUT2D eigenvalue weighted by Crippen LogP contribution is -2.15. The van der Waals surface area contributed by atoms with Gasteiger partial charge in [-0.15, -0.1) is 11.3 Å². The summed E-state index contributed by atoms with van der Waals surface area (Å²) in [6.45, 7) is 13.3. The van der Waals surface area contributed by atoms with Gasteiger partial charge in [-0.2, -0.15) is 0 Å². The summed E-state index contributed by atoms with van der Waals surface area (Å²) in [5, 5.41) is 0.644. The molecule has 0 aliphatic rings. The van der Waals surface area contributed by atoms with Crippen LogP contribution < -0.4 is 0 Å². The Labute approximate surface area is 156 Å². The molecule has 0 saturated heterocycles. The van der Waals surface area contributed by atoms with Crippen molar-refractivity contribution < 1.29 is 4.79 Å². The predicted octanol–water partition coefficient (Wildman–Crippen LogP) is 6.77. The van der Waals surface area contributed by atoms with Gasteiger partial charge in [0.15, 0.2) is 10.8 Å². The number of hydrogen-bond acceptors (Lipinski definition) is 3. The Hall–Kier alpha value is -1.48. The van der Waals surface area contributed by atoms with Gasteiger partial charge in [0.05, 0.1) is 10.2 Å². The molecule has 0 radical (unpaired) electrons. The molecule has 2 aromatic rings. The summed E-state index contributed by atoms with van der Waals surface area (Å²) in [5.41, 5.74) is 1.13. The van der Waals surface area contributed by atoms with Crippen LogP contribution in [0, 0.1) is 23.2 Å². The first-order chi connectivity index (χ1) is 11.7. The smallest absolute Gasteiger partial charge is 0.194 e. The standard InChI is InChI=1S/C22H31NOS/c1-15(2)14-22(5,6)12-11-16(3)13-17(4)20(24)21-23-18-9-7-8-10-19(18)25-21/h7-12,15-17H,13-14H2,1-6H3/b12-11-. The van der Waals surface area contributed by atoms with Gasteiger partial charge in [0.25, 0.3) is 0 Å². The van der Waals surface area contributed by atoms with Crippen molar-refractivity contribution in [2.75, 3.05) is 0 Å². The van der Waals surface area contributed by atoms with Crippen LogP contribution in [0.25, 0.3) is 10.2 Å². The van der Waals surface area contributed by atoms with Crippen LogP contribution >= 0.6 is 11.3 Å². The predicted molar refractivity (Wildman–Crippen MR) is 109 cm³/mol. The highest BCUT2D eigenvalue weighted by Gasteiger charge is 2.21. The quantitative estimate of drug-likeness (QED) is 0.385. The number of thiazole rings is 1. The molecule has 2 atom stereocenters. The van der Waals surface area contributed by atoms with Crippen molar-refractivity contribution in [2.45, 2.75) is 54.4 Å². The van der Waals surface area contributed by atoms with Gasteiger partial charge < -0.3 is 0 Å². The lowest BCUT2D eigenvalue weighted by molar-refractivity contribution is 0.0917. The highest BCUT2D eigenvalue weighted by atomic mass is 32.1. The molecular formula is C22H31NOS. The lowest BCUT2D eigenvalue weighted by Gasteiger charge is -2.23. The van der Waals surface area contributed by atoms with Crippen LogP contribution in [0.2, 0.25) is 0 Å². The molecular weight excluding hydrogens is 326 g/mol. The van der Waals surface area contributed by atoms with E-state index in [9.17, 15) is 4.79 Å². The Bertz CT molecular complexity index is 708. The molecule has 2 rings (SSSR count). The van der Waals surface area contributed by atoms with Crippen molar-refractivity contribution in [3.8, 4) is 0 Å². The summed E-state index contributed by atoms with van der Waals surface area (Å²) in [4.78, 5) is 17.2. The van der Waals surface area contributed by atoms with Crippen LogP contribution in [-0.2, 0) is 0 Å². The molecule has 25 heavy (non-hydrogen) atoms. The first-order valence-corrected chi connectivity index (χ1v) is 10.1. The van der Waals surface area contributed by atoms with Crippen LogP contribution in [0.4, 0.5) is 0 Å². The molecule has 0 aliphatic heterocycles. The van der Waals surface area contributed by atoms with Crippen molar-refractivity contribution in [2.24, 2.45) is 23.2 Å².